The highest BCUT2D eigenvalue weighted by molar-refractivity contribution is 7.59. The Morgan fingerprint density at radius 3 is 2.11 bits per heavy atom. The molecule has 0 aromatic heterocycles. The van der Waals surface area contributed by atoms with Crippen molar-refractivity contribution in [2.45, 2.75) is 0 Å². The van der Waals surface area contributed by atoms with Gasteiger partial charge in [-0.2, -0.15) is 0 Å². The predicted molar refractivity (Wildman–Crippen MR) is 41.1 cm³/mol. The summed E-state index contributed by atoms with van der Waals surface area (Å²) < 4.78 is 0. The fraction of sp³-hybridized carbons (Fsp3) is 0.143. The quantitative estimate of drug-likeness (QED) is 0.583. The van der Waals surface area contributed by atoms with E-state index in [1.807, 2.05) is 37.0 Å². The van der Waals surface area contributed by atoms with Gasteiger partial charge >= 0.3 is 0 Å². The Morgan fingerprint density at radius 1 is 1.22 bits per heavy atom. The molecule has 0 unspecified atom stereocenters. The standard InChI is InChI=1S/C7H9OP/c1-9(8)7-5-3-2-4-6-7/h2-6,8H,1H3/t9-/m1/s1. The van der Waals surface area contributed by atoms with Crippen molar-refractivity contribution in [3.63, 3.8) is 0 Å². The number of hydrogen-bond donors (Lipinski definition) is 1. The van der Waals surface area contributed by atoms with E-state index in [1.165, 1.54) is 0 Å². The number of hydrogen-bond acceptors (Lipinski definition) is 1. The first kappa shape index (κ1) is 6.73. The Labute approximate surface area is 56.2 Å². The lowest BCUT2D eigenvalue weighted by Gasteiger charge is -2.00. The molecule has 48 valence electrons. The van der Waals surface area contributed by atoms with Crippen LogP contribution in [0.25, 0.3) is 0 Å². The third-order valence-electron chi connectivity index (χ3n) is 1.13. The van der Waals surface area contributed by atoms with Gasteiger partial charge in [-0.15, -0.1) is 0 Å². The fourth-order valence-electron chi connectivity index (χ4n) is 0.644. The van der Waals surface area contributed by atoms with Gasteiger partial charge < -0.3 is 4.89 Å². The van der Waals surface area contributed by atoms with Crippen LogP contribution >= 0.6 is 8.15 Å². The SMILES string of the molecule is C[P@@](O)c1ccccc1. The molecule has 0 aliphatic rings. The molecular weight excluding hydrogens is 131 g/mol. The van der Waals surface area contributed by atoms with Crippen molar-refractivity contribution in [2.75, 3.05) is 6.66 Å². The first-order chi connectivity index (χ1) is 4.30. The van der Waals surface area contributed by atoms with Crippen molar-refractivity contribution in [3.05, 3.63) is 30.3 Å². The van der Waals surface area contributed by atoms with Crippen LogP contribution in [-0.4, -0.2) is 11.6 Å². The molecule has 0 heterocycles. The third-order valence-corrected chi connectivity index (χ3v) is 2.18. The minimum atomic E-state index is -0.896. The zero-order chi connectivity index (χ0) is 6.69. The van der Waals surface area contributed by atoms with E-state index in [4.69, 9.17) is 4.89 Å². The van der Waals surface area contributed by atoms with E-state index in [2.05, 4.69) is 0 Å². The molecule has 0 spiro atoms. The maximum absolute atomic E-state index is 9.09. The monoisotopic (exact) mass is 140 g/mol. The summed E-state index contributed by atoms with van der Waals surface area (Å²) in [6.07, 6.45) is 0. The summed E-state index contributed by atoms with van der Waals surface area (Å²) in [5, 5.41) is 1.03. The van der Waals surface area contributed by atoms with Gasteiger partial charge in [0, 0.05) is 5.30 Å². The Balaban J connectivity index is 2.85. The van der Waals surface area contributed by atoms with Gasteiger partial charge in [0.25, 0.3) is 0 Å². The number of benzene rings is 1. The van der Waals surface area contributed by atoms with Gasteiger partial charge in [0.1, 0.15) is 0 Å². The summed E-state index contributed by atoms with van der Waals surface area (Å²) in [5.74, 6) is 0. The molecule has 0 radical (unpaired) electrons. The molecule has 1 rings (SSSR count). The van der Waals surface area contributed by atoms with Gasteiger partial charge in [0.05, 0.1) is 8.15 Å². The first-order valence-electron chi connectivity index (χ1n) is 2.78. The lowest BCUT2D eigenvalue weighted by molar-refractivity contribution is 0.641. The second kappa shape index (κ2) is 2.95. The normalized spacial score (nSPS) is 13.1. The van der Waals surface area contributed by atoms with Crippen LogP contribution in [0.1, 0.15) is 0 Å². The molecule has 1 N–H and O–H groups in total. The van der Waals surface area contributed by atoms with Crippen molar-refractivity contribution in [1.82, 2.24) is 0 Å². The van der Waals surface area contributed by atoms with Gasteiger partial charge in [-0.1, -0.05) is 30.3 Å². The van der Waals surface area contributed by atoms with Gasteiger partial charge in [-0.25, -0.2) is 0 Å². The van der Waals surface area contributed by atoms with Gasteiger partial charge in [0.15, 0.2) is 0 Å². The molecule has 1 aromatic carbocycles. The van der Waals surface area contributed by atoms with E-state index >= 15 is 0 Å². The van der Waals surface area contributed by atoms with E-state index in [0.29, 0.717) is 0 Å². The highest BCUT2D eigenvalue weighted by Gasteiger charge is 1.95. The van der Waals surface area contributed by atoms with E-state index in [0.717, 1.165) is 5.30 Å². The zero-order valence-corrected chi connectivity index (χ0v) is 6.18. The van der Waals surface area contributed by atoms with Crippen LogP contribution in [0, 0.1) is 0 Å². The van der Waals surface area contributed by atoms with E-state index in [-0.39, 0.29) is 0 Å². The van der Waals surface area contributed by atoms with Crippen LogP contribution < -0.4 is 5.30 Å². The Morgan fingerprint density at radius 2 is 1.78 bits per heavy atom. The molecule has 0 bridgehead atoms. The summed E-state index contributed by atoms with van der Waals surface area (Å²) in [4.78, 5) is 9.09. The van der Waals surface area contributed by atoms with Crippen LogP contribution in [0.4, 0.5) is 0 Å². The van der Waals surface area contributed by atoms with Crippen molar-refractivity contribution in [3.8, 4) is 0 Å². The van der Waals surface area contributed by atoms with Crippen LogP contribution in [0.2, 0.25) is 0 Å². The highest BCUT2D eigenvalue weighted by Crippen LogP contribution is 2.21. The Bertz CT molecular complexity index is 172. The molecule has 9 heavy (non-hydrogen) atoms. The van der Waals surface area contributed by atoms with Crippen molar-refractivity contribution in [2.24, 2.45) is 0 Å². The summed E-state index contributed by atoms with van der Waals surface area (Å²) >= 11 is 0. The number of rotatable bonds is 1. The van der Waals surface area contributed by atoms with Gasteiger partial charge in [-0.05, 0) is 6.66 Å². The third kappa shape index (κ3) is 1.78. The molecule has 2 heteroatoms. The van der Waals surface area contributed by atoms with Crippen LogP contribution in [0.15, 0.2) is 30.3 Å². The molecule has 0 aliphatic heterocycles. The summed E-state index contributed by atoms with van der Waals surface area (Å²) in [6.45, 7) is 1.82. The molecule has 1 atom stereocenters. The van der Waals surface area contributed by atoms with Gasteiger partial charge in [0.2, 0.25) is 0 Å². The fourth-order valence-corrected chi connectivity index (χ4v) is 1.25. The van der Waals surface area contributed by atoms with Crippen LogP contribution in [-0.2, 0) is 0 Å². The largest absolute Gasteiger partial charge is 0.369 e. The Hall–Kier alpha value is -0.390. The highest BCUT2D eigenvalue weighted by atomic mass is 31.1. The smallest absolute Gasteiger partial charge is 0.0531 e. The minimum absolute atomic E-state index is 0.896. The van der Waals surface area contributed by atoms with Crippen molar-refractivity contribution in [1.29, 1.82) is 0 Å². The summed E-state index contributed by atoms with van der Waals surface area (Å²) in [5.41, 5.74) is 0. The molecule has 1 aromatic rings. The lowest BCUT2D eigenvalue weighted by atomic mass is 10.4. The van der Waals surface area contributed by atoms with Gasteiger partial charge in [-0.3, -0.25) is 0 Å². The van der Waals surface area contributed by atoms with Crippen molar-refractivity contribution < 1.29 is 4.89 Å². The molecule has 0 saturated heterocycles. The Kier molecular flexibility index (Phi) is 2.21. The van der Waals surface area contributed by atoms with Crippen LogP contribution in [0.5, 0.6) is 0 Å². The lowest BCUT2D eigenvalue weighted by Crippen LogP contribution is -1.95. The van der Waals surface area contributed by atoms with Crippen LogP contribution in [0.3, 0.4) is 0 Å². The first-order valence-corrected chi connectivity index (χ1v) is 4.52. The summed E-state index contributed by atoms with van der Waals surface area (Å²) in [7, 11) is -0.896. The van der Waals surface area contributed by atoms with E-state index in [9.17, 15) is 0 Å². The average Bonchev–Trinajstić information content (AvgIpc) is 1.90. The molecule has 0 saturated carbocycles. The summed E-state index contributed by atoms with van der Waals surface area (Å²) in [6, 6.07) is 9.69. The van der Waals surface area contributed by atoms with E-state index < -0.39 is 8.15 Å². The van der Waals surface area contributed by atoms with E-state index in [1.54, 1.807) is 0 Å². The molecule has 1 nitrogen and oxygen atoms in total. The zero-order valence-electron chi connectivity index (χ0n) is 5.28. The predicted octanol–water partition coefficient (Wildman–Crippen LogP) is 1.33. The molecule has 0 fully saturated rings. The second-order valence-electron chi connectivity index (χ2n) is 1.86. The topological polar surface area (TPSA) is 20.2 Å². The molecule has 0 amide bonds. The maximum Gasteiger partial charge on any atom is 0.0531 e. The second-order valence-corrected chi connectivity index (χ2v) is 3.42. The van der Waals surface area contributed by atoms with Crippen molar-refractivity contribution >= 4 is 13.5 Å². The maximum atomic E-state index is 9.09. The average molecular weight is 140 g/mol. The molecule has 0 aliphatic carbocycles. The molecular formula is C7H9OP. The minimum Gasteiger partial charge on any atom is -0.369 e.